The summed E-state index contributed by atoms with van der Waals surface area (Å²) in [5.74, 6) is 1.98. The lowest BCUT2D eigenvalue weighted by atomic mass is 9.98. The fraction of sp³-hybridized carbons (Fsp3) is 1.00. The number of fused-ring (bicyclic) bond motifs is 1. The molecule has 1 aliphatic heterocycles. The monoisotopic (exact) mass is 296 g/mol. The molecule has 2 rings (SSSR count). The van der Waals surface area contributed by atoms with Crippen molar-refractivity contribution in [2.24, 2.45) is 17.6 Å². The van der Waals surface area contributed by atoms with Crippen LogP contribution in [0.1, 0.15) is 26.2 Å². The van der Waals surface area contributed by atoms with Gasteiger partial charge in [0.1, 0.15) is 0 Å². The Hall–Kier alpha value is 0.160. The van der Waals surface area contributed by atoms with Gasteiger partial charge in [-0.25, -0.2) is 8.42 Å². The van der Waals surface area contributed by atoms with Gasteiger partial charge in [0, 0.05) is 31.4 Å². The van der Waals surface area contributed by atoms with Gasteiger partial charge < -0.3 is 10.6 Å². The molecule has 0 bridgehead atoms. The fourth-order valence-electron chi connectivity index (χ4n) is 3.26. The Labute approximate surface area is 117 Å². The molecular formula is C12H25ClN2O2S. The summed E-state index contributed by atoms with van der Waals surface area (Å²) >= 11 is 0. The van der Waals surface area contributed by atoms with Gasteiger partial charge in [-0.1, -0.05) is 6.92 Å². The van der Waals surface area contributed by atoms with Crippen LogP contribution in [0, 0.1) is 11.8 Å². The van der Waals surface area contributed by atoms with E-state index in [-0.39, 0.29) is 12.4 Å². The van der Waals surface area contributed by atoms with Crippen LogP contribution in [0.4, 0.5) is 0 Å². The Balaban J connectivity index is 0.00000162. The minimum absolute atomic E-state index is 0. The Kier molecular flexibility index (Phi) is 5.90. The predicted molar refractivity (Wildman–Crippen MR) is 76.8 cm³/mol. The first kappa shape index (κ1) is 16.2. The van der Waals surface area contributed by atoms with E-state index in [4.69, 9.17) is 5.73 Å². The third-order valence-electron chi connectivity index (χ3n) is 4.22. The van der Waals surface area contributed by atoms with Gasteiger partial charge in [0.25, 0.3) is 0 Å². The molecule has 18 heavy (non-hydrogen) atoms. The first-order valence-electron chi connectivity index (χ1n) is 6.70. The zero-order valence-corrected chi connectivity index (χ0v) is 12.7. The van der Waals surface area contributed by atoms with Crippen molar-refractivity contribution in [1.82, 2.24) is 4.90 Å². The van der Waals surface area contributed by atoms with E-state index in [2.05, 4.69) is 4.90 Å². The number of sulfone groups is 1. The van der Waals surface area contributed by atoms with E-state index in [0.29, 0.717) is 30.0 Å². The number of nitrogens with zero attached hydrogens (tertiary/aromatic N) is 1. The average Bonchev–Trinajstić information content (AvgIpc) is 2.79. The molecule has 4 nitrogen and oxygen atoms in total. The van der Waals surface area contributed by atoms with E-state index in [1.54, 1.807) is 0 Å². The molecule has 0 aromatic heterocycles. The van der Waals surface area contributed by atoms with Gasteiger partial charge in [-0.15, -0.1) is 12.4 Å². The molecule has 6 heteroatoms. The van der Waals surface area contributed by atoms with Crippen LogP contribution in [0.15, 0.2) is 0 Å². The van der Waals surface area contributed by atoms with E-state index in [9.17, 15) is 8.42 Å². The highest BCUT2D eigenvalue weighted by molar-refractivity contribution is 7.91. The predicted octanol–water partition coefficient (Wildman–Crippen LogP) is 0.902. The maximum absolute atomic E-state index is 11.6. The van der Waals surface area contributed by atoms with Crippen molar-refractivity contribution < 1.29 is 8.42 Å². The third kappa shape index (κ3) is 3.83. The molecule has 2 fully saturated rings. The highest BCUT2D eigenvalue weighted by Crippen LogP contribution is 2.36. The fourth-order valence-corrected chi connectivity index (χ4v) is 4.63. The lowest BCUT2D eigenvalue weighted by molar-refractivity contribution is 0.322. The molecule has 0 radical (unpaired) electrons. The van der Waals surface area contributed by atoms with Gasteiger partial charge in [0.05, 0.1) is 5.75 Å². The van der Waals surface area contributed by atoms with E-state index in [1.165, 1.54) is 6.42 Å². The average molecular weight is 297 g/mol. The van der Waals surface area contributed by atoms with Gasteiger partial charge in [-0.2, -0.15) is 0 Å². The van der Waals surface area contributed by atoms with Crippen molar-refractivity contribution >= 4 is 22.2 Å². The van der Waals surface area contributed by atoms with E-state index in [0.717, 1.165) is 31.8 Å². The molecule has 2 aliphatic rings. The molecule has 3 atom stereocenters. The zero-order chi connectivity index (χ0) is 12.5. The van der Waals surface area contributed by atoms with Crippen LogP contribution >= 0.6 is 12.4 Å². The summed E-state index contributed by atoms with van der Waals surface area (Å²) in [6, 6.07) is 0.345. The van der Waals surface area contributed by atoms with Gasteiger partial charge in [0.2, 0.25) is 0 Å². The van der Waals surface area contributed by atoms with Crippen LogP contribution in [-0.2, 0) is 9.84 Å². The smallest absolute Gasteiger partial charge is 0.151 e. The van der Waals surface area contributed by atoms with Gasteiger partial charge in [-0.05, 0) is 31.1 Å². The second kappa shape index (κ2) is 6.55. The Morgan fingerprint density at radius 1 is 1.22 bits per heavy atom. The van der Waals surface area contributed by atoms with Crippen LogP contribution in [-0.4, -0.2) is 50.5 Å². The summed E-state index contributed by atoms with van der Waals surface area (Å²) in [7, 11) is -2.83. The highest BCUT2D eigenvalue weighted by Gasteiger charge is 2.40. The number of hydrogen-bond donors (Lipinski definition) is 1. The van der Waals surface area contributed by atoms with Crippen molar-refractivity contribution in [2.75, 3.05) is 31.1 Å². The van der Waals surface area contributed by atoms with Crippen molar-refractivity contribution in [1.29, 1.82) is 0 Å². The van der Waals surface area contributed by atoms with Crippen molar-refractivity contribution in [3.05, 3.63) is 0 Å². The molecule has 1 aliphatic carbocycles. The summed E-state index contributed by atoms with van der Waals surface area (Å²) in [5.41, 5.74) is 6.07. The molecule has 0 aromatic carbocycles. The third-order valence-corrected chi connectivity index (χ3v) is 6.06. The van der Waals surface area contributed by atoms with Crippen LogP contribution in [0.2, 0.25) is 0 Å². The molecule has 0 amide bonds. The van der Waals surface area contributed by atoms with Gasteiger partial charge in [-0.3, -0.25) is 0 Å². The number of hydrogen-bond acceptors (Lipinski definition) is 4. The van der Waals surface area contributed by atoms with Gasteiger partial charge >= 0.3 is 0 Å². The molecule has 0 spiro atoms. The summed E-state index contributed by atoms with van der Waals surface area (Å²) in [5, 5.41) is 0. The second-order valence-corrected chi connectivity index (χ2v) is 7.88. The van der Waals surface area contributed by atoms with Crippen LogP contribution in [0.25, 0.3) is 0 Å². The Morgan fingerprint density at radius 2 is 1.94 bits per heavy atom. The van der Waals surface area contributed by atoms with Gasteiger partial charge in [0.15, 0.2) is 9.84 Å². The van der Waals surface area contributed by atoms with E-state index in [1.807, 2.05) is 6.92 Å². The molecule has 1 heterocycles. The molecule has 2 N–H and O–H groups in total. The summed E-state index contributed by atoms with van der Waals surface area (Å²) < 4.78 is 23.3. The number of halogens is 1. The quantitative estimate of drug-likeness (QED) is 0.819. The summed E-state index contributed by atoms with van der Waals surface area (Å²) in [4.78, 5) is 2.29. The lowest BCUT2D eigenvalue weighted by Crippen LogP contribution is -2.32. The van der Waals surface area contributed by atoms with Crippen molar-refractivity contribution in [3.63, 3.8) is 0 Å². The van der Waals surface area contributed by atoms with Crippen LogP contribution < -0.4 is 5.73 Å². The standard InChI is InChI=1S/C12H24N2O2S.ClH/c1-2-6-17(15,16)7-5-14-8-10-3-4-12(13)11(10)9-14;/h10-12H,2-9,13H2,1H3;1H. The molecule has 0 aromatic rings. The topological polar surface area (TPSA) is 63.4 Å². The Bertz CT molecular complexity index is 361. The molecular weight excluding hydrogens is 272 g/mol. The molecule has 3 unspecified atom stereocenters. The SMILES string of the molecule is CCCS(=O)(=O)CCN1CC2CCC(N)C2C1.Cl. The normalized spacial score (nSPS) is 32.2. The summed E-state index contributed by atoms with van der Waals surface area (Å²) in [6.07, 6.45) is 3.10. The van der Waals surface area contributed by atoms with Crippen LogP contribution in [0.5, 0.6) is 0 Å². The van der Waals surface area contributed by atoms with Crippen molar-refractivity contribution in [2.45, 2.75) is 32.2 Å². The lowest BCUT2D eigenvalue weighted by Gasteiger charge is -2.18. The minimum Gasteiger partial charge on any atom is -0.327 e. The number of rotatable bonds is 5. The Morgan fingerprint density at radius 3 is 2.56 bits per heavy atom. The first-order chi connectivity index (χ1) is 8.02. The summed E-state index contributed by atoms with van der Waals surface area (Å²) in [6.45, 7) is 4.67. The zero-order valence-electron chi connectivity index (χ0n) is 11.0. The maximum Gasteiger partial charge on any atom is 0.151 e. The first-order valence-corrected chi connectivity index (χ1v) is 8.52. The second-order valence-electron chi connectivity index (χ2n) is 5.58. The van der Waals surface area contributed by atoms with Crippen LogP contribution in [0.3, 0.4) is 0 Å². The van der Waals surface area contributed by atoms with Crippen molar-refractivity contribution in [3.8, 4) is 0 Å². The number of likely N-dealkylation sites (tertiary alicyclic amines) is 1. The largest absolute Gasteiger partial charge is 0.327 e. The molecule has 1 saturated carbocycles. The maximum atomic E-state index is 11.6. The highest BCUT2D eigenvalue weighted by atomic mass is 35.5. The minimum atomic E-state index is -2.83. The van der Waals surface area contributed by atoms with E-state index >= 15 is 0 Å². The molecule has 1 saturated heterocycles. The number of nitrogens with two attached hydrogens (primary N) is 1. The van der Waals surface area contributed by atoms with E-state index < -0.39 is 9.84 Å². The molecule has 108 valence electrons.